The Balaban J connectivity index is 0.789. The number of allylic oxidation sites excluding steroid dienone is 4. The number of carbonyl (C=O) groups is 5. The Kier molecular flexibility index (Phi) is 17.2. The van der Waals surface area contributed by atoms with E-state index in [0.29, 0.717) is 81.7 Å². The largest absolute Gasteiger partial charge is 0.493 e. The maximum atomic E-state index is 14.4. The summed E-state index contributed by atoms with van der Waals surface area (Å²) >= 11 is 0. The van der Waals surface area contributed by atoms with Gasteiger partial charge in [0.05, 0.1) is 68.7 Å². The number of benzene rings is 4. The second kappa shape index (κ2) is 24.7. The van der Waals surface area contributed by atoms with E-state index in [1.807, 2.05) is 67.0 Å². The molecular weight excluding hydrogens is 1020 g/mol. The summed E-state index contributed by atoms with van der Waals surface area (Å²) in [5.41, 5.74) is 6.29. The first kappa shape index (κ1) is 55.6. The molecule has 0 saturated heterocycles. The number of nitrogens with zero attached hydrogens (tertiary/aromatic N) is 3. The van der Waals surface area contributed by atoms with Gasteiger partial charge >= 0.3 is 5.97 Å². The zero-order valence-corrected chi connectivity index (χ0v) is 45.3. The fourth-order valence-corrected chi connectivity index (χ4v) is 10.1. The highest BCUT2D eigenvalue weighted by atomic mass is 16.7. The Labute approximate surface area is 464 Å². The van der Waals surface area contributed by atoms with Crippen LogP contribution in [0.4, 0.5) is 5.69 Å². The molecule has 2 amide bonds. The van der Waals surface area contributed by atoms with Crippen molar-refractivity contribution in [1.29, 1.82) is 10.8 Å². The van der Waals surface area contributed by atoms with Gasteiger partial charge in [-0.3, -0.25) is 29.0 Å². The summed E-state index contributed by atoms with van der Waals surface area (Å²) in [4.78, 5) is 75.0. The maximum absolute atomic E-state index is 14.4. The molecule has 0 unspecified atom stereocenters. The van der Waals surface area contributed by atoms with Crippen molar-refractivity contribution < 1.29 is 57.1 Å². The summed E-state index contributed by atoms with van der Waals surface area (Å²) in [7, 11) is 3.05. The summed E-state index contributed by atoms with van der Waals surface area (Å²) in [6, 6.07) is 19.4. The fraction of sp³-hybridized carbons (Fsp3) is 0.302. The van der Waals surface area contributed by atoms with Crippen molar-refractivity contribution in [3.8, 4) is 34.5 Å². The van der Waals surface area contributed by atoms with Crippen molar-refractivity contribution >= 4 is 69.9 Å². The van der Waals surface area contributed by atoms with E-state index in [4.69, 9.17) is 49.0 Å². The summed E-state index contributed by atoms with van der Waals surface area (Å²) in [5.74, 6) is -0.404. The first-order chi connectivity index (χ1) is 38.6. The van der Waals surface area contributed by atoms with Gasteiger partial charge in [-0.2, -0.15) is 0 Å². The average molecular weight is 1080 g/mol. The van der Waals surface area contributed by atoms with Crippen LogP contribution in [0.25, 0.3) is 17.2 Å². The number of amides is 2. The number of rotatable bonds is 23. The number of nitrogens with one attached hydrogen (secondary N) is 2. The minimum Gasteiger partial charge on any atom is -0.493 e. The maximum Gasteiger partial charge on any atom is 0.311 e. The van der Waals surface area contributed by atoms with Crippen molar-refractivity contribution in [3.05, 3.63) is 156 Å². The number of aliphatic imine (C=N–C) groups is 1. The number of methoxy groups -OCH3 is 2. The minimum absolute atomic E-state index is 0.0159. The van der Waals surface area contributed by atoms with Crippen LogP contribution in [0.5, 0.6) is 34.5 Å². The normalized spacial score (nSPS) is 18.2. The van der Waals surface area contributed by atoms with Gasteiger partial charge < -0.3 is 53.8 Å². The smallest absolute Gasteiger partial charge is 0.311 e. The van der Waals surface area contributed by atoms with Gasteiger partial charge in [0.1, 0.15) is 12.4 Å². The SMILES string of the molecule is C=CCOC(=O)CC(=N)[C@H](C(=O)/C=C/[C@@H](C)C(=O)CC(=N)c1ccc(C2=CN3C(=O)c4cc(OC)c(OCCCOc5cc6c(cc5OC)C(=O)N5C=C(c7ccc8c(c7)OCO8)C[C@H]5C=N6)cc4/C=C/C=C/[C@@H]3C2)cc1)C(C)C. The molecule has 5 aliphatic rings. The Morgan fingerprint density at radius 3 is 2.14 bits per heavy atom. The van der Waals surface area contributed by atoms with Crippen molar-refractivity contribution in [3.63, 3.8) is 0 Å². The minimum atomic E-state index is -0.846. The van der Waals surface area contributed by atoms with Gasteiger partial charge in [0.2, 0.25) is 6.79 Å². The molecule has 0 aromatic heterocycles. The number of ketones is 2. The highest BCUT2D eigenvalue weighted by Gasteiger charge is 2.35. The lowest BCUT2D eigenvalue weighted by Gasteiger charge is -2.22. The lowest BCUT2D eigenvalue weighted by molar-refractivity contribution is -0.141. The Bertz CT molecular complexity index is 3350. The molecule has 4 aromatic rings. The summed E-state index contributed by atoms with van der Waals surface area (Å²) < 4.78 is 39.9. The van der Waals surface area contributed by atoms with Crippen LogP contribution < -0.4 is 28.4 Å². The van der Waals surface area contributed by atoms with E-state index in [1.54, 1.807) is 73.2 Å². The van der Waals surface area contributed by atoms with Crippen molar-refractivity contribution in [2.24, 2.45) is 22.7 Å². The fourth-order valence-electron chi connectivity index (χ4n) is 10.1. The molecular formula is C63H63N5O12. The van der Waals surface area contributed by atoms with E-state index >= 15 is 0 Å². The van der Waals surface area contributed by atoms with Gasteiger partial charge in [-0.1, -0.05) is 94.1 Å². The van der Waals surface area contributed by atoms with Gasteiger partial charge in [0.15, 0.2) is 40.3 Å². The predicted molar refractivity (Wildman–Crippen MR) is 304 cm³/mol. The molecule has 17 nitrogen and oxygen atoms in total. The third-order valence-corrected chi connectivity index (χ3v) is 14.4. The van der Waals surface area contributed by atoms with Gasteiger partial charge in [0.25, 0.3) is 11.8 Å². The van der Waals surface area contributed by atoms with Crippen molar-refractivity contribution in [2.75, 3.05) is 40.8 Å². The highest BCUT2D eigenvalue weighted by molar-refractivity contribution is 6.14. The van der Waals surface area contributed by atoms with Gasteiger partial charge in [-0.15, -0.1) is 0 Å². The summed E-state index contributed by atoms with van der Waals surface area (Å²) in [5, 5.41) is 17.2. The second-order valence-electron chi connectivity index (χ2n) is 20.2. The third kappa shape index (κ3) is 12.3. The molecule has 0 saturated carbocycles. The van der Waals surface area contributed by atoms with E-state index in [-0.39, 0.29) is 92.3 Å². The van der Waals surface area contributed by atoms with Crippen LogP contribution in [0, 0.1) is 28.6 Å². The zero-order valence-electron chi connectivity index (χ0n) is 45.3. The van der Waals surface area contributed by atoms with E-state index in [9.17, 15) is 24.0 Å². The van der Waals surface area contributed by atoms with E-state index in [0.717, 1.165) is 22.3 Å². The lowest BCUT2D eigenvalue weighted by atomic mass is 9.85. The first-order valence-electron chi connectivity index (χ1n) is 26.5. The number of fused-ring (bicyclic) bond motifs is 5. The third-order valence-electron chi connectivity index (χ3n) is 14.4. The van der Waals surface area contributed by atoms with Crippen molar-refractivity contribution in [1.82, 2.24) is 9.80 Å². The molecule has 9 rings (SSSR count). The standard InChI is InChI=1S/C63H63N5O12/c1-7-21-78-60(71)31-50(65)61(37(2)3)52(69)19-13-38(4)53(70)30-49(64)40-16-14-39(15-17-40)43-24-45-12-9-8-11-42-27-58(55(74-5)28-47(42)62(72)67(45)34-43)76-22-10-23-77-59-32-51-48(29-56(59)75-6)63(73)68-35-44(25-46(68)33-66-51)41-18-20-54-57(26-41)80-36-79-54/h7-9,11-20,26-29,32-35,37-38,45-46,61,64-65H,1,10,21-25,30-31,36H2,2-6H3/b11-8+,12-9+,19-13+,64-49?,65-50?/t38-,45-,46+,61-/m1/s1. The molecule has 2 N–H and O–H groups in total. The van der Waals surface area contributed by atoms with Crippen LogP contribution in [0.2, 0.25) is 0 Å². The van der Waals surface area contributed by atoms with Gasteiger partial charge in [0, 0.05) is 61.3 Å². The number of esters is 1. The molecule has 17 heteroatoms. The Hall–Kier alpha value is -9.12. The molecule has 0 bridgehead atoms. The number of Topliss-reactive ketones (excluding diaryl/α,β-unsaturated/α-hetero) is 1. The zero-order chi connectivity index (χ0) is 56.6. The monoisotopic (exact) mass is 1080 g/mol. The molecule has 0 fully saturated rings. The van der Waals surface area contributed by atoms with E-state index in [1.165, 1.54) is 32.4 Å². The first-order valence-corrected chi connectivity index (χ1v) is 26.5. The van der Waals surface area contributed by atoms with Crippen LogP contribution >= 0.6 is 0 Å². The van der Waals surface area contributed by atoms with Crippen LogP contribution in [-0.2, 0) is 19.1 Å². The second-order valence-corrected chi connectivity index (χ2v) is 20.2. The van der Waals surface area contributed by atoms with E-state index in [2.05, 4.69) is 6.58 Å². The van der Waals surface area contributed by atoms with Crippen LogP contribution in [0.3, 0.4) is 0 Å². The molecule has 5 aliphatic heterocycles. The highest BCUT2D eigenvalue weighted by Crippen LogP contribution is 2.42. The predicted octanol–water partition coefficient (Wildman–Crippen LogP) is 10.6. The quantitative estimate of drug-likeness (QED) is 0.0233. The summed E-state index contributed by atoms with van der Waals surface area (Å²) in [6.45, 7) is 9.45. The average Bonchev–Trinajstić information content (AvgIpc) is 4.33. The topological polar surface area (TPSA) is 216 Å². The molecule has 0 radical (unpaired) electrons. The molecule has 80 heavy (non-hydrogen) atoms. The molecule has 5 heterocycles. The van der Waals surface area contributed by atoms with Gasteiger partial charge in [-0.05, 0) is 82.1 Å². The number of hydrogen-bond donors (Lipinski definition) is 2. The van der Waals surface area contributed by atoms with Crippen LogP contribution in [0.1, 0.15) is 95.8 Å². The molecule has 0 aliphatic carbocycles. The Morgan fingerprint density at radius 1 is 0.775 bits per heavy atom. The molecule has 4 atom stereocenters. The van der Waals surface area contributed by atoms with Crippen molar-refractivity contribution in [2.45, 2.75) is 65.0 Å². The molecule has 0 spiro atoms. The molecule has 412 valence electrons. The summed E-state index contributed by atoms with van der Waals surface area (Å²) in [6.07, 6.45) is 18.5. The van der Waals surface area contributed by atoms with Crippen LogP contribution in [0.15, 0.2) is 127 Å². The lowest BCUT2D eigenvalue weighted by Crippen LogP contribution is -2.32. The van der Waals surface area contributed by atoms with Gasteiger partial charge in [-0.25, -0.2) is 0 Å². The number of carbonyl (C=O) groups excluding carboxylic acids is 5. The number of hydrogen-bond acceptors (Lipinski definition) is 15. The molecule has 4 aromatic carbocycles. The van der Waals surface area contributed by atoms with E-state index < -0.39 is 17.8 Å². The van der Waals surface area contributed by atoms with Crippen LogP contribution in [-0.4, -0.2) is 110 Å². The number of ether oxygens (including phenoxy) is 7. The Morgan fingerprint density at radius 2 is 1.43 bits per heavy atom.